The molecule has 0 unspecified atom stereocenters. The van der Waals surface area contributed by atoms with Crippen molar-refractivity contribution in [3.05, 3.63) is 23.4 Å². The minimum Gasteiger partial charge on any atom is -0.370 e. The second-order valence-corrected chi connectivity index (χ2v) is 4.82. The number of hydrogen-bond donors (Lipinski definition) is 3. The molecule has 2 heterocycles. The van der Waals surface area contributed by atoms with Gasteiger partial charge in [0.2, 0.25) is 5.91 Å². The average molecular weight is 248 g/mol. The van der Waals surface area contributed by atoms with E-state index in [0.717, 1.165) is 31.1 Å². The first-order valence-electron chi connectivity index (χ1n) is 6.38. The number of rotatable bonds is 4. The van der Waals surface area contributed by atoms with Crippen molar-refractivity contribution in [1.29, 1.82) is 0 Å². The van der Waals surface area contributed by atoms with Crippen molar-refractivity contribution in [2.75, 3.05) is 25.0 Å². The van der Waals surface area contributed by atoms with Gasteiger partial charge in [-0.3, -0.25) is 4.79 Å². The van der Waals surface area contributed by atoms with Gasteiger partial charge in [-0.2, -0.15) is 0 Å². The van der Waals surface area contributed by atoms with Gasteiger partial charge in [-0.25, -0.2) is 4.98 Å². The molecule has 0 bridgehead atoms. The van der Waals surface area contributed by atoms with Crippen molar-refractivity contribution in [2.24, 2.45) is 11.7 Å². The summed E-state index contributed by atoms with van der Waals surface area (Å²) in [7, 11) is 0. The van der Waals surface area contributed by atoms with Crippen LogP contribution < -0.4 is 16.4 Å². The largest absolute Gasteiger partial charge is 0.370 e. The molecule has 98 valence electrons. The van der Waals surface area contributed by atoms with Crippen LogP contribution in [-0.2, 0) is 0 Å². The topological polar surface area (TPSA) is 80.0 Å². The molecule has 0 atom stereocenters. The molecule has 0 saturated carbocycles. The van der Waals surface area contributed by atoms with Crippen LogP contribution in [0.1, 0.15) is 28.9 Å². The number of hydrogen-bond acceptors (Lipinski definition) is 4. The van der Waals surface area contributed by atoms with Gasteiger partial charge in [0.05, 0.1) is 0 Å². The maximum atomic E-state index is 11.2. The highest BCUT2D eigenvalue weighted by Crippen LogP contribution is 2.14. The minimum atomic E-state index is -0.412. The molecule has 1 aliphatic rings. The lowest BCUT2D eigenvalue weighted by Gasteiger charge is -2.23. The summed E-state index contributed by atoms with van der Waals surface area (Å²) in [5.41, 5.74) is 6.60. The maximum absolute atomic E-state index is 11.2. The molecule has 1 fully saturated rings. The molecular weight excluding hydrogens is 228 g/mol. The number of anilines is 1. The Morgan fingerprint density at radius 2 is 2.22 bits per heavy atom. The van der Waals surface area contributed by atoms with Crippen molar-refractivity contribution in [3.8, 4) is 0 Å². The van der Waals surface area contributed by atoms with Crippen LogP contribution in [0.4, 0.5) is 5.82 Å². The molecule has 1 aromatic rings. The first kappa shape index (κ1) is 12.8. The molecule has 18 heavy (non-hydrogen) atoms. The standard InChI is InChI=1S/C13H20N4O/c1-9-6-11(13(14)18)7-12(17-9)16-8-10-2-4-15-5-3-10/h6-7,10,15H,2-5,8H2,1H3,(H2,14,18)(H,16,17). The number of amides is 1. The molecule has 0 radical (unpaired) electrons. The number of aromatic nitrogens is 1. The Kier molecular flexibility index (Phi) is 4.15. The first-order valence-corrected chi connectivity index (χ1v) is 6.38. The first-order chi connectivity index (χ1) is 8.65. The van der Waals surface area contributed by atoms with Crippen LogP contribution in [0.25, 0.3) is 0 Å². The quantitative estimate of drug-likeness (QED) is 0.739. The molecule has 2 rings (SSSR count). The summed E-state index contributed by atoms with van der Waals surface area (Å²) in [4.78, 5) is 15.5. The molecule has 0 aromatic carbocycles. The number of primary amides is 1. The summed E-state index contributed by atoms with van der Waals surface area (Å²) in [5.74, 6) is 0.998. The fourth-order valence-electron chi connectivity index (χ4n) is 2.24. The summed E-state index contributed by atoms with van der Waals surface area (Å²) in [5, 5.41) is 6.65. The molecule has 5 nitrogen and oxygen atoms in total. The Hall–Kier alpha value is -1.62. The minimum absolute atomic E-state index is 0.412. The van der Waals surface area contributed by atoms with E-state index in [1.807, 2.05) is 6.92 Å². The molecule has 1 amide bonds. The van der Waals surface area contributed by atoms with E-state index in [1.54, 1.807) is 12.1 Å². The van der Waals surface area contributed by atoms with Crippen LogP contribution in [0.15, 0.2) is 12.1 Å². The number of carbonyl (C=O) groups excluding carboxylic acids is 1. The van der Waals surface area contributed by atoms with Gasteiger partial charge >= 0.3 is 0 Å². The molecule has 0 aliphatic carbocycles. The van der Waals surface area contributed by atoms with E-state index >= 15 is 0 Å². The predicted octanol–water partition coefficient (Wildman–Crippen LogP) is 0.900. The number of piperidine rings is 1. The van der Waals surface area contributed by atoms with E-state index in [0.29, 0.717) is 11.5 Å². The van der Waals surface area contributed by atoms with Crippen LogP contribution in [0.3, 0.4) is 0 Å². The zero-order valence-electron chi connectivity index (χ0n) is 10.7. The van der Waals surface area contributed by atoms with E-state index in [9.17, 15) is 4.79 Å². The molecule has 0 spiro atoms. The molecule has 1 saturated heterocycles. The number of nitrogens with one attached hydrogen (secondary N) is 2. The van der Waals surface area contributed by atoms with E-state index in [2.05, 4.69) is 15.6 Å². The van der Waals surface area contributed by atoms with Gasteiger partial charge in [0.1, 0.15) is 5.82 Å². The van der Waals surface area contributed by atoms with Gasteiger partial charge in [-0.05, 0) is 50.9 Å². The van der Waals surface area contributed by atoms with Crippen LogP contribution in [0.5, 0.6) is 0 Å². The Balaban J connectivity index is 1.97. The summed E-state index contributed by atoms with van der Waals surface area (Å²) in [6.45, 7) is 4.93. The number of nitrogens with zero attached hydrogens (tertiary/aromatic N) is 1. The summed E-state index contributed by atoms with van der Waals surface area (Å²) in [6.07, 6.45) is 2.36. The number of carbonyl (C=O) groups is 1. The van der Waals surface area contributed by atoms with E-state index < -0.39 is 5.91 Å². The van der Waals surface area contributed by atoms with Crippen molar-refractivity contribution in [3.63, 3.8) is 0 Å². The Bertz CT molecular complexity index is 427. The van der Waals surface area contributed by atoms with Gasteiger partial charge in [-0.15, -0.1) is 0 Å². The summed E-state index contributed by atoms with van der Waals surface area (Å²) in [6, 6.07) is 3.43. The smallest absolute Gasteiger partial charge is 0.248 e. The lowest BCUT2D eigenvalue weighted by Crippen LogP contribution is -2.31. The van der Waals surface area contributed by atoms with Crippen molar-refractivity contribution in [2.45, 2.75) is 19.8 Å². The van der Waals surface area contributed by atoms with Crippen LogP contribution in [-0.4, -0.2) is 30.5 Å². The molecule has 1 aromatic heterocycles. The van der Waals surface area contributed by atoms with E-state index in [1.165, 1.54) is 12.8 Å². The normalized spacial score (nSPS) is 16.5. The van der Waals surface area contributed by atoms with Gasteiger partial charge in [0.15, 0.2) is 0 Å². The average Bonchev–Trinajstić information content (AvgIpc) is 2.37. The molecule has 5 heteroatoms. The lowest BCUT2D eigenvalue weighted by atomic mass is 9.98. The van der Waals surface area contributed by atoms with Crippen LogP contribution in [0.2, 0.25) is 0 Å². The second kappa shape index (κ2) is 5.82. The lowest BCUT2D eigenvalue weighted by molar-refractivity contribution is 0.1000. The predicted molar refractivity (Wildman–Crippen MR) is 71.6 cm³/mol. The van der Waals surface area contributed by atoms with Crippen LogP contribution >= 0.6 is 0 Å². The van der Waals surface area contributed by atoms with Crippen molar-refractivity contribution >= 4 is 11.7 Å². The van der Waals surface area contributed by atoms with E-state index in [4.69, 9.17) is 5.73 Å². The maximum Gasteiger partial charge on any atom is 0.248 e. The zero-order valence-corrected chi connectivity index (χ0v) is 10.7. The highest BCUT2D eigenvalue weighted by molar-refractivity contribution is 5.93. The Labute approximate surface area is 107 Å². The molecule has 1 aliphatic heterocycles. The number of nitrogens with two attached hydrogens (primary N) is 1. The number of aryl methyl sites for hydroxylation is 1. The van der Waals surface area contributed by atoms with Gasteiger partial charge < -0.3 is 16.4 Å². The second-order valence-electron chi connectivity index (χ2n) is 4.82. The third-order valence-corrected chi connectivity index (χ3v) is 3.27. The molecule has 4 N–H and O–H groups in total. The van der Waals surface area contributed by atoms with E-state index in [-0.39, 0.29) is 0 Å². The van der Waals surface area contributed by atoms with Crippen molar-refractivity contribution in [1.82, 2.24) is 10.3 Å². The number of pyridine rings is 1. The zero-order chi connectivity index (χ0) is 13.0. The van der Waals surface area contributed by atoms with Gasteiger partial charge in [-0.1, -0.05) is 0 Å². The van der Waals surface area contributed by atoms with Crippen LogP contribution in [0, 0.1) is 12.8 Å². The Morgan fingerprint density at radius 1 is 1.50 bits per heavy atom. The highest BCUT2D eigenvalue weighted by Gasteiger charge is 2.13. The van der Waals surface area contributed by atoms with Gasteiger partial charge in [0.25, 0.3) is 0 Å². The highest BCUT2D eigenvalue weighted by atomic mass is 16.1. The third-order valence-electron chi connectivity index (χ3n) is 3.27. The summed E-state index contributed by atoms with van der Waals surface area (Å²) >= 11 is 0. The van der Waals surface area contributed by atoms with Gasteiger partial charge in [0, 0.05) is 17.8 Å². The Morgan fingerprint density at radius 3 is 2.89 bits per heavy atom. The fraction of sp³-hybridized carbons (Fsp3) is 0.538. The molecular formula is C13H20N4O. The third kappa shape index (κ3) is 3.43. The monoisotopic (exact) mass is 248 g/mol. The van der Waals surface area contributed by atoms with Crippen molar-refractivity contribution < 1.29 is 4.79 Å². The SMILES string of the molecule is Cc1cc(C(N)=O)cc(NCC2CCNCC2)n1. The summed E-state index contributed by atoms with van der Waals surface area (Å²) < 4.78 is 0. The fourth-order valence-corrected chi connectivity index (χ4v) is 2.24.